The molecule has 0 amide bonds. The Morgan fingerprint density at radius 2 is 2.23 bits per heavy atom. The molecule has 1 aromatic rings. The number of hydrogen-bond donors (Lipinski definition) is 1. The third-order valence-corrected chi connectivity index (χ3v) is 1.71. The first-order valence-electron chi connectivity index (χ1n) is 3.96. The maximum absolute atomic E-state index is 11.0. The molecule has 0 saturated heterocycles. The highest BCUT2D eigenvalue weighted by Gasteiger charge is 2.13. The summed E-state index contributed by atoms with van der Waals surface area (Å²) in [7, 11) is 1.33. The maximum atomic E-state index is 11.0. The van der Waals surface area contributed by atoms with Crippen LogP contribution in [0.1, 0.15) is 5.56 Å². The number of methoxy groups -OCH3 is 1. The van der Waals surface area contributed by atoms with Gasteiger partial charge in [0.25, 0.3) is 0 Å². The second-order valence-corrected chi connectivity index (χ2v) is 2.69. The van der Waals surface area contributed by atoms with E-state index in [0.717, 1.165) is 5.56 Å². The minimum absolute atomic E-state index is 0.392. The molecule has 0 radical (unpaired) electrons. The highest BCUT2D eigenvalue weighted by atomic mass is 16.5. The van der Waals surface area contributed by atoms with Gasteiger partial charge in [0.15, 0.2) is 0 Å². The number of ether oxygens (including phenoxy) is 1. The van der Waals surface area contributed by atoms with Gasteiger partial charge in [0, 0.05) is 12.4 Å². The summed E-state index contributed by atoms with van der Waals surface area (Å²) in [5.41, 5.74) is 6.54. The maximum Gasteiger partial charge on any atom is 0.322 e. The summed E-state index contributed by atoms with van der Waals surface area (Å²) >= 11 is 0. The van der Waals surface area contributed by atoms with Crippen LogP contribution in [0, 0.1) is 0 Å². The zero-order valence-electron chi connectivity index (χ0n) is 7.43. The number of pyridine rings is 1. The minimum Gasteiger partial charge on any atom is -0.468 e. The predicted molar refractivity (Wildman–Crippen MR) is 47.9 cm³/mol. The van der Waals surface area contributed by atoms with Crippen molar-refractivity contribution in [3.63, 3.8) is 0 Å². The van der Waals surface area contributed by atoms with Crippen LogP contribution in [0.2, 0.25) is 0 Å². The van der Waals surface area contributed by atoms with Gasteiger partial charge >= 0.3 is 5.97 Å². The molecule has 0 spiro atoms. The number of carbonyl (C=O) groups excluding carboxylic acids is 1. The van der Waals surface area contributed by atoms with E-state index in [1.807, 2.05) is 12.1 Å². The molecule has 4 heteroatoms. The number of esters is 1. The quantitative estimate of drug-likeness (QED) is 0.671. The van der Waals surface area contributed by atoms with Gasteiger partial charge in [-0.15, -0.1) is 0 Å². The smallest absolute Gasteiger partial charge is 0.322 e. The first-order chi connectivity index (χ1) is 6.24. The highest BCUT2D eigenvalue weighted by molar-refractivity contribution is 5.75. The lowest BCUT2D eigenvalue weighted by Crippen LogP contribution is -2.33. The Kier molecular flexibility index (Phi) is 3.40. The average Bonchev–Trinajstić information content (AvgIpc) is 2.18. The van der Waals surface area contributed by atoms with Gasteiger partial charge < -0.3 is 10.5 Å². The van der Waals surface area contributed by atoms with E-state index in [2.05, 4.69) is 9.72 Å². The first kappa shape index (κ1) is 9.67. The van der Waals surface area contributed by atoms with Crippen molar-refractivity contribution in [2.24, 2.45) is 5.73 Å². The van der Waals surface area contributed by atoms with Gasteiger partial charge in [0.05, 0.1) is 7.11 Å². The third-order valence-electron chi connectivity index (χ3n) is 1.71. The number of hydrogen-bond acceptors (Lipinski definition) is 4. The third kappa shape index (κ3) is 2.83. The fourth-order valence-electron chi connectivity index (χ4n) is 1.01. The summed E-state index contributed by atoms with van der Waals surface area (Å²) in [6, 6.07) is 3.05. The fourth-order valence-corrected chi connectivity index (χ4v) is 1.01. The molecule has 1 rings (SSSR count). The van der Waals surface area contributed by atoms with Crippen LogP contribution < -0.4 is 5.73 Å². The van der Waals surface area contributed by atoms with E-state index in [-0.39, 0.29) is 0 Å². The Morgan fingerprint density at radius 1 is 1.62 bits per heavy atom. The van der Waals surface area contributed by atoms with Crippen molar-refractivity contribution < 1.29 is 9.53 Å². The van der Waals surface area contributed by atoms with Crippen molar-refractivity contribution in [3.8, 4) is 0 Å². The lowest BCUT2D eigenvalue weighted by molar-refractivity contribution is -0.142. The van der Waals surface area contributed by atoms with E-state index in [4.69, 9.17) is 5.73 Å². The lowest BCUT2D eigenvalue weighted by atomic mass is 10.1. The first-order valence-corrected chi connectivity index (χ1v) is 3.96. The van der Waals surface area contributed by atoms with Gasteiger partial charge in [-0.3, -0.25) is 9.78 Å². The number of carbonyl (C=O) groups is 1. The Morgan fingerprint density at radius 3 is 2.77 bits per heavy atom. The van der Waals surface area contributed by atoms with Crippen molar-refractivity contribution in [2.75, 3.05) is 7.11 Å². The van der Waals surface area contributed by atoms with Crippen LogP contribution in [-0.2, 0) is 16.0 Å². The molecule has 0 aromatic carbocycles. The SMILES string of the molecule is COC(=O)[C@H](N)Cc1ccncc1. The van der Waals surface area contributed by atoms with Crippen LogP contribution in [0.3, 0.4) is 0 Å². The molecule has 1 heterocycles. The topological polar surface area (TPSA) is 65.2 Å². The summed E-state index contributed by atoms with van der Waals surface area (Å²) in [4.78, 5) is 14.8. The Labute approximate surface area is 76.7 Å². The molecule has 0 aliphatic rings. The normalized spacial score (nSPS) is 12.2. The van der Waals surface area contributed by atoms with Crippen molar-refractivity contribution in [1.29, 1.82) is 0 Å². The molecule has 0 aliphatic carbocycles. The summed E-state index contributed by atoms with van der Waals surface area (Å²) in [5, 5.41) is 0. The number of rotatable bonds is 3. The van der Waals surface area contributed by atoms with Crippen molar-refractivity contribution in [3.05, 3.63) is 30.1 Å². The zero-order valence-corrected chi connectivity index (χ0v) is 7.43. The molecule has 0 aliphatic heterocycles. The van der Waals surface area contributed by atoms with E-state index < -0.39 is 12.0 Å². The lowest BCUT2D eigenvalue weighted by Gasteiger charge is -2.08. The van der Waals surface area contributed by atoms with Gasteiger partial charge in [0.2, 0.25) is 0 Å². The van der Waals surface area contributed by atoms with E-state index >= 15 is 0 Å². The molecule has 4 nitrogen and oxygen atoms in total. The van der Waals surface area contributed by atoms with Crippen LogP contribution in [0.5, 0.6) is 0 Å². The Balaban J connectivity index is 2.55. The second-order valence-electron chi connectivity index (χ2n) is 2.69. The van der Waals surface area contributed by atoms with E-state index in [1.165, 1.54) is 7.11 Å². The van der Waals surface area contributed by atoms with Gasteiger partial charge in [0.1, 0.15) is 6.04 Å². The van der Waals surface area contributed by atoms with E-state index in [1.54, 1.807) is 12.4 Å². The Bertz CT molecular complexity index is 274. The van der Waals surface area contributed by atoms with Gasteiger partial charge in [-0.25, -0.2) is 0 Å². The standard InChI is InChI=1S/C9H12N2O2/c1-13-9(12)8(10)6-7-2-4-11-5-3-7/h2-5,8H,6,10H2,1H3/t8-/m1/s1. The van der Waals surface area contributed by atoms with Crippen molar-refractivity contribution in [1.82, 2.24) is 4.98 Å². The van der Waals surface area contributed by atoms with Gasteiger partial charge in [-0.05, 0) is 24.1 Å². The molecule has 0 bridgehead atoms. The monoisotopic (exact) mass is 180 g/mol. The van der Waals surface area contributed by atoms with Gasteiger partial charge in [-0.1, -0.05) is 0 Å². The van der Waals surface area contributed by atoms with Crippen LogP contribution in [0.25, 0.3) is 0 Å². The van der Waals surface area contributed by atoms with Crippen LogP contribution in [0.4, 0.5) is 0 Å². The average molecular weight is 180 g/mol. The number of nitrogens with zero attached hydrogens (tertiary/aromatic N) is 1. The molecule has 2 N–H and O–H groups in total. The Hall–Kier alpha value is -1.42. The molecular weight excluding hydrogens is 168 g/mol. The number of nitrogens with two attached hydrogens (primary N) is 1. The summed E-state index contributed by atoms with van der Waals surface area (Å²) in [6.07, 6.45) is 3.81. The van der Waals surface area contributed by atoms with Crippen LogP contribution >= 0.6 is 0 Å². The molecule has 1 atom stereocenters. The summed E-state index contributed by atoms with van der Waals surface area (Å²) < 4.78 is 4.50. The molecule has 13 heavy (non-hydrogen) atoms. The fraction of sp³-hybridized carbons (Fsp3) is 0.333. The summed E-state index contributed by atoms with van der Waals surface area (Å²) in [6.45, 7) is 0. The molecule has 0 unspecified atom stereocenters. The molecule has 0 fully saturated rings. The second kappa shape index (κ2) is 4.57. The van der Waals surface area contributed by atoms with Crippen molar-refractivity contribution in [2.45, 2.75) is 12.5 Å². The molecule has 1 aromatic heterocycles. The molecular formula is C9H12N2O2. The number of aromatic nitrogens is 1. The minimum atomic E-state index is -0.590. The summed E-state index contributed by atoms with van der Waals surface area (Å²) in [5.74, 6) is -0.392. The zero-order chi connectivity index (χ0) is 9.68. The molecule has 0 saturated carbocycles. The van der Waals surface area contributed by atoms with Crippen LogP contribution in [-0.4, -0.2) is 24.1 Å². The van der Waals surface area contributed by atoms with E-state index in [0.29, 0.717) is 6.42 Å². The van der Waals surface area contributed by atoms with Crippen molar-refractivity contribution >= 4 is 5.97 Å². The van der Waals surface area contributed by atoms with Gasteiger partial charge in [-0.2, -0.15) is 0 Å². The van der Waals surface area contributed by atoms with Crippen LogP contribution in [0.15, 0.2) is 24.5 Å². The largest absolute Gasteiger partial charge is 0.468 e. The van der Waals surface area contributed by atoms with E-state index in [9.17, 15) is 4.79 Å². The highest BCUT2D eigenvalue weighted by Crippen LogP contribution is 2.00. The molecule has 70 valence electrons. The predicted octanol–water partition coefficient (Wildman–Crippen LogP) is 0.124.